The lowest BCUT2D eigenvalue weighted by Gasteiger charge is -2.11. The monoisotopic (exact) mass is 645 g/mol. The molecule has 0 amide bonds. The predicted octanol–water partition coefficient (Wildman–Crippen LogP) is 3.69. The van der Waals surface area contributed by atoms with Gasteiger partial charge in [0.05, 0.1) is 25.5 Å². The summed E-state index contributed by atoms with van der Waals surface area (Å²) < 4.78 is 0. The average molecular weight is 646 g/mol. The number of guanidine groups is 3. The third-order valence-corrected chi connectivity index (χ3v) is 6.71. The number of allylic oxidation sites excluding steroid dienone is 1. The molecule has 3 aromatic carbocycles. The maximum absolute atomic E-state index is 5.98. The summed E-state index contributed by atoms with van der Waals surface area (Å²) in [7, 11) is 0. The largest absolute Gasteiger partial charge is 0.386 e. The second-order valence-corrected chi connectivity index (χ2v) is 10.7. The smallest absolute Gasteiger partial charge is 0.186 e. The lowest BCUT2D eigenvalue weighted by molar-refractivity contribution is 0.876. The Morgan fingerprint density at radius 1 is 0.542 bits per heavy atom. The Morgan fingerprint density at radius 2 is 0.938 bits per heavy atom. The molecular formula is C37H47N11. The molecule has 0 radical (unpaired) electrons. The van der Waals surface area contributed by atoms with Gasteiger partial charge < -0.3 is 45.5 Å². The molecule has 0 saturated heterocycles. The summed E-state index contributed by atoms with van der Waals surface area (Å²) >= 11 is 0. The molecule has 0 heterocycles. The number of nitrogens with one attached hydrogen (secondary N) is 1. The van der Waals surface area contributed by atoms with Crippen LogP contribution in [0.25, 0.3) is 46.6 Å². The normalized spacial score (nSPS) is 11.8. The summed E-state index contributed by atoms with van der Waals surface area (Å²) in [5, 5.41) is 3.20. The van der Waals surface area contributed by atoms with Crippen molar-refractivity contribution in [2.45, 2.75) is 13.3 Å². The predicted molar refractivity (Wildman–Crippen MR) is 206 cm³/mol. The molecule has 0 aliphatic rings. The van der Waals surface area contributed by atoms with Crippen LogP contribution in [0.2, 0.25) is 0 Å². The van der Waals surface area contributed by atoms with Gasteiger partial charge in [0.25, 0.3) is 0 Å². The van der Waals surface area contributed by atoms with Crippen LogP contribution in [0.4, 0.5) is 0 Å². The van der Waals surface area contributed by atoms with E-state index in [1.807, 2.05) is 55.5 Å². The van der Waals surface area contributed by atoms with Crippen LogP contribution in [0.3, 0.4) is 0 Å². The van der Waals surface area contributed by atoms with E-state index in [0.717, 1.165) is 50.9 Å². The average Bonchev–Trinajstić information content (AvgIpc) is 3.05. The van der Waals surface area contributed by atoms with Gasteiger partial charge in [-0.2, -0.15) is 0 Å². The van der Waals surface area contributed by atoms with Crippen molar-refractivity contribution >= 4 is 42.2 Å². The minimum absolute atomic E-state index is 0.0473. The van der Waals surface area contributed by atoms with Crippen molar-refractivity contribution in [3.63, 3.8) is 0 Å². The fraction of sp³-hybridized carbons (Fsp3) is 0.162. The zero-order chi connectivity index (χ0) is 34.7. The zero-order valence-corrected chi connectivity index (χ0v) is 27.4. The van der Waals surface area contributed by atoms with Crippen LogP contribution >= 0.6 is 0 Å². The summed E-state index contributed by atoms with van der Waals surface area (Å²) in [5.74, 6) is 0.812. The van der Waals surface area contributed by atoms with Gasteiger partial charge in [0, 0.05) is 6.54 Å². The first-order valence-corrected chi connectivity index (χ1v) is 15.6. The zero-order valence-electron chi connectivity index (χ0n) is 27.4. The van der Waals surface area contributed by atoms with Gasteiger partial charge >= 0.3 is 0 Å². The van der Waals surface area contributed by atoms with Crippen molar-refractivity contribution in [3.05, 3.63) is 119 Å². The molecule has 0 spiro atoms. The van der Waals surface area contributed by atoms with E-state index in [4.69, 9.17) is 40.1 Å². The number of rotatable bonds is 16. The molecule has 0 fully saturated rings. The molecule has 3 rings (SSSR count). The van der Waals surface area contributed by atoms with Crippen molar-refractivity contribution in [2.75, 3.05) is 26.2 Å². The van der Waals surface area contributed by atoms with Crippen LogP contribution < -0.4 is 45.5 Å². The molecule has 0 unspecified atom stereocenters. The Hall–Kier alpha value is -6.23. The van der Waals surface area contributed by atoms with Crippen molar-refractivity contribution in [2.24, 2.45) is 55.1 Å². The maximum atomic E-state index is 5.98. The quantitative estimate of drug-likeness (QED) is 0.0843. The number of nitrogens with zero attached hydrogens (tertiary/aromatic N) is 3. The molecular weight excluding hydrogens is 598 g/mol. The van der Waals surface area contributed by atoms with Crippen molar-refractivity contribution < 1.29 is 0 Å². The van der Waals surface area contributed by atoms with E-state index in [0.29, 0.717) is 32.0 Å². The highest BCUT2D eigenvalue weighted by Gasteiger charge is 2.06. The van der Waals surface area contributed by atoms with Crippen molar-refractivity contribution in [1.29, 1.82) is 0 Å². The first-order valence-electron chi connectivity index (χ1n) is 15.6. The maximum Gasteiger partial charge on any atom is 0.186 e. The molecule has 0 bridgehead atoms. The van der Waals surface area contributed by atoms with Gasteiger partial charge in [-0.25, -0.2) is 15.0 Å². The molecule has 15 N–H and O–H groups in total. The van der Waals surface area contributed by atoms with Crippen LogP contribution in [0, 0.1) is 0 Å². The first-order chi connectivity index (χ1) is 23.1. The molecule has 11 heteroatoms. The number of aliphatic imine (C=N–C) groups is 3. The molecule has 48 heavy (non-hydrogen) atoms. The Kier molecular flexibility index (Phi) is 14.6. The molecule has 0 saturated carbocycles. The van der Waals surface area contributed by atoms with Gasteiger partial charge in [0.2, 0.25) is 0 Å². The molecule has 0 aromatic heterocycles. The van der Waals surface area contributed by atoms with E-state index in [9.17, 15) is 0 Å². The van der Waals surface area contributed by atoms with E-state index in [-0.39, 0.29) is 17.9 Å². The Labute approximate surface area is 283 Å². The van der Waals surface area contributed by atoms with E-state index in [2.05, 4.69) is 87.0 Å². The highest BCUT2D eigenvalue weighted by atomic mass is 15.0. The van der Waals surface area contributed by atoms with Gasteiger partial charge in [0.15, 0.2) is 17.9 Å². The van der Waals surface area contributed by atoms with Gasteiger partial charge in [0.1, 0.15) is 0 Å². The summed E-state index contributed by atoms with van der Waals surface area (Å²) in [6, 6.07) is 21.2. The van der Waals surface area contributed by atoms with E-state index in [1.54, 1.807) is 0 Å². The second kappa shape index (κ2) is 19.3. The highest BCUT2D eigenvalue weighted by Crippen LogP contribution is 2.30. The van der Waals surface area contributed by atoms with Gasteiger partial charge in [-0.3, -0.25) is 0 Å². The number of benzene rings is 3. The third-order valence-electron chi connectivity index (χ3n) is 6.71. The molecule has 0 aliphatic carbocycles. The minimum atomic E-state index is 0.0473. The Balaban J connectivity index is 2.02. The topological polar surface area (TPSA) is 231 Å². The van der Waals surface area contributed by atoms with Gasteiger partial charge in [-0.1, -0.05) is 73.7 Å². The van der Waals surface area contributed by atoms with Crippen LogP contribution in [0.5, 0.6) is 0 Å². The van der Waals surface area contributed by atoms with E-state index < -0.39 is 0 Å². The van der Waals surface area contributed by atoms with E-state index >= 15 is 0 Å². The molecule has 0 aliphatic heterocycles. The lowest BCUT2D eigenvalue weighted by Crippen LogP contribution is -2.22. The van der Waals surface area contributed by atoms with Gasteiger partial charge in [-0.15, -0.1) is 0 Å². The molecule has 250 valence electrons. The minimum Gasteiger partial charge on any atom is -0.386 e. The fourth-order valence-electron chi connectivity index (χ4n) is 4.65. The summed E-state index contributed by atoms with van der Waals surface area (Å²) in [4.78, 5) is 12.1. The lowest BCUT2D eigenvalue weighted by atomic mass is 9.94. The third kappa shape index (κ3) is 13.4. The number of hydrogen-bond acceptors (Lipinski definition) is 5. The Bertz CT molecular complexity index is 1700. The molecule has 3 aromatic rings. The SMILES string of the molecule is CC/C=C(/N)NC/C=C/c1cc(/C=C/CN=C(N)N)cc(-c2cccc(-c3cc(/C=C/CN=C(N)N)cc(/C=C/CN=C(N)N)c3)c2)c1. The van der Waals surface area contributed by atoms with Crippen LogP contribution in [0.15, 0.2) is 112 Å². The molecule has 0 atom stereocenters. The summed E-state index contributed by atoms with van der Waals surface area (Å²) in [6.07, 6.45) is 18.7. The van der Waals surface area contributed by atoms with Crippen LogP contribution in [-0.4, -0.2) is 44.1 Å². The summed E-state index contributed by atoms with van der Waals surface area (Å²) in [6.45, 7) is 3.80. The second-order valence-electron chi connectivity index (χ2n) is 10.7. The highest BCUT2D eigenvalue weighted by molar-refractivity contribution is 5.80. The van der Waals surface area contributed by atoms with E-state index in [1.165, 1.54) is 0 Å². The van der Waals surface area contributed by atoms with Crippen molar-refractivity contribution in [1.82, 2.24) is 5.32 Å². The van der Waals surface area contributed by atoms with Gasteiger partial charge in [-0.05, 0) is 99.5 Å². The number of hydrogen-bond donors (Lipinski definition) is 8. The standard InChI is InChI=1S/C37H47N11/c1-2-8-34(38)45-15-4-9-26-19-27(10-5-16-46-35(39)40)22-32(21-26)30-13-3-14-31(25-30)33-23-28(11-6-17-47-36(41)42)20-29(24-33)12-7-18-48-37(43)44/h3-14,19-25,45H,2,15-18,38H2,1H3,(H4,39,40,46)(H4,41,42,47)(H4,43,44,48)/b9-4+,10-5+,11-6+,12-7+,34-8-. The molecule has 11 nitrogen and oxygen atoms in total. The Morgan fingerprint density at radius 3 is 1.31 bits per heavy atom. The number of nitrogens with two attached hydrogens (primary N) is 7. The van der Waals surface area contributed by atoms with Crippen molar-refractivity contribution in [3.8, 4) is 22.3 Å². The summed E-state index contributed by atoms with van der Waals surface area (Å²) in [5.41, 5.74) is 47.2. The van der Waals surface area contributed by atoms with Crippen LogP contribution in [0.1, 0.15) is 35.6 Å². The van der Waals surface area contributed by atoms with Crippen LogP contribution in [-0.2, 0) is 0 Å². The fourth-order valence-corrected chi connectivity index (χ4v) is 4.65. The first kappa shape index (κ1) is 36.2.